The number of hydrogen-bond donors (Lipinski definition) is 0. The molecule has 0 saturated carbocycles. The van der Waals surface area contributed by atoms with Gasteiger partial charge in [0.1, 0.15) is 7.80 Å². The van der Waals surface area contributed by atoms with Crippen LogP contribution in [0.15, 0.2) is 36.4 Å². The topological polar surface area (TPSA) is 17.1 Å². The van der Waals surface area contributed by atoms with Crippen LogP contribution in [0.1, 0.15) is 23.3 Å². The second kappa shape index (κ2) is 4.80. The third-order valence-electron chi connectivity index (χ3n) is 3.26. The summed E-state index contributed by atoms with van der Waals surface area (Å²) >= 11 is 1.77. The van der Waals surface area contributed by atoms with Crippen molar-refractivity contribution in [2.45, 2.75) is 25.7 Å². The average molecular weight is 262 g/mol. The van der Waals surface area contributed by atoms with Crippen molar-refractivity contribution in [3.63, 3.8) is 0 Å². The van der Waals surface area contributed by atoms with Gasteiger partial charge in [-0.05, 0) is 37.3 Å². The van der Waals surface area contributed by atoms with Crippen molar-refractivity contribution in [1.29, 1.82) is 0 Å². The van der Waals surface area contributed by atoms with Gasteiger partial charge in [0, 0.05) is 10.2 Å². The van der Waals surface area contributed by atoms with Gasteiger partial charge in [0.2, 0.25) is 0 Å². The summed E-state index contributed by atoms with van der Waals surface area (Å²) in [6, 6.07) is 12.0. The van der Waals surface area contributed by atoms with E-state index in [1.54, 1.807) is 11.3 Å². The highest BCUT2D eigenvalue weighted by atomic mass is 32.1. The quantitative estimate of drug-likeness (QED) is 0.760. The van der Waals surface area contributed by atoms with Gasteiger partial charge >= 0.3 is 0 Å². The lowest BCUT2D eigenvalue weighted by atomic mass is 10.00. The molecule has 0 spiro atoms. The molecule has 0 bridgehead atoms. The Morgan fingerprint density at radius 1 is 1.06 bits per heavy atom. The molecular formula is C14H15OPS. The average Bonchev–Trinajstić information content (AvgIpc) is 2.82. The molecule has 3 heteroatoms. The SMILES string of the molecule is O=[PH](c1ccccc1)c1cc2c(s1)CCCC2. The van der Waals surface area contributed by atoms with Gasteiger partial charge < -0.3 is 4.57 Å². The molecule has 0 fully saturated rings. The van der Waals surface area contributed by atoms with Crippen LogP contribution in [0.25, 0.3) is 0 Å². The second-order valence-corrected chi connectivity index (χ2v) is 7.73. The van der Waals surface area contributed by atoms with Crippen molar-refractivity contribution in [1.82, 2.24) is 0 Å². The van der Waals surface area contributed by atoms with E-state index < -0.39 is 7.80 Å². The van der Waals surface area contributed by atoms with Gasteiger partial charge in [-0.2, -0.15) is 0 Å². The molecule has 1 nitrogen and oxygen atoms in total. The largest absolute Gasteiger partial charge is 0.316 e. The van der Waals surface area contributed by atoms with Gasteiger partial charge in [0.05, 0.1) is 4.62 Å². The fourth-order valence-electron chi connectivity index (χ4n) is 2.33. The maximum atomic E-state index is 12.5. The summed E-state index contributed by atoms with van der Waals surface area (Å²) in [6.07, 6.45) is 4.94. The molecule has 88 valence electrons. The first kappa shape index (κ1) is 11.3. The highest BCUT2D eigenvalue weighted by molar-refractivity contribution is 7.68. The Balaban J connectivity index is 1.94. The molecule has 1 unspecified atom stereocenters. The van der Waals surface area contributed by atoms with Gasteiger partial charge in [0.25, 0.3) is 0 Å². The third kappa shape index (κ3) is 2.25. The molecule has 0 amide bonds. The minimum absolute atomic E-state index is 0.982. The Labute approximate surface area is 106 Å². The van der Waals surface area contributed by atoms with Crippen molar-refractivity contribution in [2.24, 2.45) is 0 Å². The normalized spacial score (nSPS) is 16.5. The fraction of sp³-hybridized carbons (Fsp3) is 0.286. The summed E-state index contributed by atoms with van der Waals surface area (Å²) in [5.74, 6) is 0. The van der Waals surface area contributed by atoms with Gasteiger partial charge in [0.15, 0.2) is 0 Å². The number of thiophene rings is 1. The predicted octanol–water partition coefficient (Wildman–Crippen LogP) is 3.14. The van der Waals surface area contributed by atoms with Crippen molar-refractivity contribution in [3.8, 4) is 0 Å². The van der Waals surface area contributed by atoms with Crippen LogP contribution in [-0.4, -0.2) is 0 Å². The molecule has 0 radical (unpaired) electrons. The van der Waals surface area contributed by atoms with Crippen LogP contribution in [-0.2, 0) is 17.4 Å². The molecule has 1 atom stereocenters. The van der Waals surface area contributed by atoms with Crippen LogP contribution >= 0.6 is 19.1 Å². The molecule has 3 rings (SSSR count). The van der Waals surface area contributed by atoms with Crippen LogP contribution in [0, 0.1) is 0 Å². The Kier molecular flexibility index (Phi) is 3.17. The Morgan fingerprint density at radius 2 is 1.82 bits per heavy atom. The summed E-state index contributed by atoms with van der Waals surface area (Å²) in [4.78, 5) is 1.47. The van der Waals surface area contributed by atoms with Crippen LogP contribution in [0.4, 0.5) is 0 Å². The van der Waals surface area contributed by atoms with E-state index in [1.165, 1.54) is 36.1 Å². The molecule has 0 aliphatic heterocycles. The molecular weight excluding hydrogens is 247 g/mol. The zero-order valence-electron chi connectivity index (χ0n) is 9.61. The highest BCUT2D eigenvalue weighted by Gasteiger charge is 2.16. The van der Waals surface area contributed by atoms with Gasteiger partial charge in [-0.1, -0.05) is 30.3 Å². The van der Waals surface area contributed by atoms with Crippen LogP contribution in [0.5, 0.6) is 0 Å². The number of benzene rings is 1. The maximum Gasteiger partial charge on any atom is 0.141 e. The van der Waals surface area contributed by atoms with Gasteiger partial charge in [-0.15, -0.1) is 11.3 Å². The Morgan fingerprint density at radius 3 is 2.59 bits per heavy atom. The first-order chi connectivity index (χ1) is 8.34. The Hall–Kier alpha value is -0.850. The fourth-order valence-corrected chi connectivity index (χ4v) is 5.52. The number of hydrogen-bond acceptors (Lipinski definition) is 2. The molecule has 2 aromatic rings. The summed E-state index contributed by atoms with van der Waals surface area (Å²) in [5.41, 5.74) is 1.45. The molecule has 0 N–H and O–H groups in total. The van der Waals surface area contributed by atoms with Crippen molar-refractivity contribution in [3.05, 3.63) is 46.8 Å². The van der Waals surface area contributed by atoms with E-state index in [2.05, 4.69) is 6.07 Å². The summed E-state index contributed by atoms with van der Waals surface area (Å²) < 4.78 is 13.6. The lowest BCUT2D eigenvalue weighted by Gasteiger charge is -2.08. The van der Waals surface area contributed by atoms with Gasteiger partial charge in [-0.3, -0.25) is 0 Å². The molecule has 1 heterocycles. The van der Waals surface area contributed by atoms with E-state index in [0.717, 1.165) is 9.92 Å². The molecule has 17 heavy (non-hydrogen) atoms. The molecule has 1 aromatic heterocycles. The number of rotatable bonds is 2. The standard InChI is InChI=1S/C14H15OPS/c15-16(12-7-2-1-3-8-12)14-10-11-6-4-5-9-13(11)17-14/h1-3,7-8,10,16H,4-6,9H2. The molecule has 1 aromatic carbocycles. The van der Waals surface area contributed by atoms with E-state index in [1.807, 2.05) is 30.3 Å². The summed E-state index contributed by atoms with van der Waals surface area (Å²) in [5, 5.41) is 0.982. The number of fused-ring (bicyclic) bond motifs is 1. The first-order valence-electron chi connectivity index (χ1n) is 6.06. The van der Waals surface area contributed by atoms with E-state index in [4.69, 9.17) is 0 Å². The zero-order valence-corrected chi connectivity index (χ0v) is 11.4. The van der Waals surface area contributed by atoms with Crippen LogP contribution < -0.4 is 9.92 Å². The van der Waals surface area contributed by atoms with Crippen molar-refractivity contribution >= 4 is 29.1 Å². The van der Waals surface area contributed by atoms with E-state index >= 15 is 0 Å². The van der Waals surface area contributed by atoms with Crippen molar-refractivity contribution < 1.29 is 4.57 Å². The summed E-state index contributed by atoms with van der Waals surface area (Å²) in [7, 11) is -1.77. The molecule has 1 aliphatic rings. The lowest BCUT2D eigenvalue weighted by Crippen LogP contribution is -2.02. The second-order valence-electron chi connectivity index (χ2n) is 4.46. The van der Waals surface area contributed by atoms with Crippen molar-refractivity contribution in [2.75, 3.05) is 0 Å². The molecule has 1 aliphatic carbocycles. The van der Waals surface area contributed by atoms with Crippen LogP contribution in [0.2, 0.25) is 0 Å². The number of aryl methyl sites for hydroxylation is 2. The summed E-state index contributed by atoms with van der Waals surface area (Å²) in [6.45, 7) is 0. The maximum absolute atomic E-state index is 12.5. The Bertz CT molecular complexity index is 521. The third-order valence-corrected chi connectivity index (χ3v) is 6.62. The first-order valence-corrected chi connectivity index (χ1v) is 8.28. The minimum Gasteiger partial charge on any atom is -0.316 e. The monoisotopic (exact) mass is 262 g/mol. The zero-order chi connectivity index (χ0) is 11.7. The predicted molar refractivity (Wildman–Crippen MR) is 75.7 cm³/mol. The highest BCUT2D eigenvalue weighted by Crippen LogP contribution is 2.31. The lowest BCUT2D eigenvalue weighted by molar-refractivity contribution is 0.598. The van der Waals surface area contributed by atoms with E-state index in [9.17, 15) is 4.57 Å². The minimum atomic E-state index is -1.77. The smallest absolute Gasteiger partial charge is 0.141 e. The van der Waals surface area contributed by atoms with Gasteiger partial charge in [-0.25, -0.2) is 0 Å². The van der Waals surface area contributed by atoms with E-state index in [0.29, 0.717) is 0 Å². The van der Waals surface area contributed by atoms with E-state index in [-0.39, 0.29) is 0 Å². The molecule has 0 saturated heterocycles. The van der Waals surface area contributed by atoms with Crippen LogP contribution in [0.3, 0.4) is 0 Å².